The number of nitrogens with one attached hydrogen (secondary N) is 1. The van der Waals surface area contributed by atoms with E-state index < -0.39 is 49.5 Å². The van der Waals surface area contributed by atoms with Gasteiger partial charge in [0.1, 0.15) is 24.4 Å². The van der Waals surface area contributed by atoms with Crippen LogP contribution in [0.25, 0.3) is 0 Å². The zero-order chi connectivity index (χ0) is 55.2. The first-order chi connectivity index (χ1) is 37.2. The van der Waals surface area contributed by atoms with Crippen molar-refractivity contribution in [3.8, 4) is 0 Å². The molecule has 0 bridgehead atoms. The van der Waals surface area contributed by atoms with Crippen LogP contribution in [0.4, 0.5) is 0 Å². The molecule has 442 valence electrons. The largest absolute Gasteiger partial charge is 0.466 e. The lowest BCUT2D eigenvalue weighted by atomic mass is 9.99. The van der Waals surface area contributed by atoms with Crippen LogP contribution in [-0.4, -0.2) is 100 Å². The number of unbranched alkanes of at least 4 members (excludes halogenated alkanes) is 32. The number of amides is 1. The molecular formula is C65H117NO10. The van der Waals surface area contributed by atoms with E-state index >= 15 is 0 Å². The minimum Gasteiger partial charge on any atom is -0.466 e. The second-order valence-electron chi connectivity index (χ2n) is 21.8. The fraction of sp³-hybridized carbons (Fsp3) is 0.815. The molecule has 0 aromatic carbocycles. The average molecular weight is 1070 g/mol. The summed E-state index contributed by atoms with van der Waals surface area (Å²) in [5, 5.41) is 54.3. The number of rotatable bonds is 54. The summed E-state index contributed by atoms with van der Waals surface area (Å²) in [6, 6.07) is -0.818. The molecule has 1 heterocycles. The maximum atomic E-state index is 13.0. The molecule has 1 rings (SSSR count). The third-order valence-electron chi connectivity index (χ3n) is 14.6. The molecule has 11 heteroatoms. The molecule has 7 atom stereocenters. The molecule has 0 aromatic rings. The van der Waals surface area contributed by atoms with Crippen molar-refractivity contribution < 1.29 is 49.3 Å². The topological polar surface area (TPSA) is 175 Å². The number of carbonyl (C=O) groups is 2. The molecule has 1 aliphatic heterocycles. The number of esters is 1. The van der Waals surface area contributed by atoms with E-state index in [1.807, 2.05) is 6.08 Å². The van der Waals surface area contributed by atoms with Gasteiger partial charge in [0.05, 0.1) is 32.0 Å². The summed E-state index contributed by atoms with van der Waals surface area (Å²) < 4.78 is 16.7. The number of aliphatic hydroxyl groups is 5. The average Bonchev–Trinajstić information content (AvgIpc) is 3.42. The van der Waals surface area contributed by atoms with Crippen LogP contribution in [-0.2, 0) is 23.8 Å². The van der Waals surface area contributed by atoms with E-state index in [9.17, 15) is 35.1 Å². The number of aliphatic hydroxyl groups excluding tert-OH is 5. The molecule has 11 nitrogen and oxygen atoms in total. The van der Waals surface area contributed by atoms with Crippen molar-refractivity contribution in [2.24, 2.45) is 0 Å². The van der Waals surface area contributed by atoms with Gasteiger partial charge in [0.15, 0.2) is 6.29 Å². The van der Waals surface area contributed by atoms with Gasteiger partial charge >= 0.3 is 5.97 Å². The Hall–Kier alpha value is -2.64. The molecule has 76 heavy (non-hydrogen) atoms. The molecule has 0 saturated carbocycles. The lowest BCUT2D eigenvalue weighted by Crippen LogP contribution is -2.60. The molecule has 1 fully saturated rings. The van der Waals surface area contributed by atoms with E-state index in [2.05, 4.69) is 67.8 Å². The van der Waals surface area contributed by atoms with Gasteiger partial charge in [0.25, 0.3) is 0 Å². The van der Waals surface area contributed by atoms with Gasteiger partial charge in [0.2, 0.25) is 5.91 Å². The van der Waals surface area contributed by atoms with E-state index in [0.717, 1.165) is 103 Å². The van der Waals surface area contributed by atoms with E-state index in [4.69, 9.17) is 14.2 Å². The van der Waals surface area contributed by atoms with Gasteiger partial charge in [0, 0.05) is 12.8 Å². The van der Waals surface area contributed by atoms with E-state index in [1.54, 1.807) is 6.08 Å². The molecule has 0 radical (unpaired) electrons. The van der Waals surface area contributed by atoms with Crippen molar-refractivity contribution in [2.75, 3.05) is 19.8 Å². The summed E-state index contributed by atoms with van der Waals surface area (Å²) in [6.07, 6.45) is 60.3. The third-order valence-corrected chi connectivity index (χ3v) is 14.6. The molecule has 0 aliphatic carbocycles. The number of hydrogen-bond acceptors (Lipinski definition) is 10. The van der Waals surface area contributed by atoms with Crippen molar-refractivity contribution in [1.82, 2.24) is 5.32 Å². The van der Waals surface area contributed by atoms with Crippen molar-refractivity contribution >= 4 is 11.9 Å². The van der Waals surface area contributed by atoms with Gasteiger partial charge in [-0.2, -0.15) is 0 Å². The van der Waals surface area contributed by atoms with Gasteiger partial charge in [-0.25, -0.2) is 0 Å². The Balaban J connectivity index is 2.04. The number of allylic oxidation sites excluding steroid dienone is 9. The summed E-state index contributed by atoms with van der Waals surface area (Å²) in [6.45, 7) is 4.27. The van der Waals surface area contributed by atoms with Crippen LogP contribution in [0.5, 0.6) is 0 Å². The predicted molar refractivity (Wildman–Crippen MR) is 315 cm³/mol. The van der Waals surface area contributed by atoms with Gasteiger partial charge in [-0.15, -0.1) is 0 Å². The second-order valence-corrected chi connectivity index (χ2v) is 21.8. The minimum atomic E-state index is -1.58. The fourth-order valence-electron chi connectivity index (χ4n) is 9.54. The van der Waals surface area contributed by atoms with E-state index in [0.29, 0.717) is 19.4 Å². The number of hydrogen-bond donors (Lipinski definition) is 6. The SMILES string of the molecule is CCCC/C=C\C/C=C\CCCCCCCC(=O)OCCCCCCCCCCC/C=C\C/C=C\CCCCCCCCCC(=O)NC(COC1OC(CO)C(O)C(O)C1O)C(O)/C=C/CCCCCCCCCCC. The van der Waals surface area contributed by atoms with Gasteiger partial charge in [-0.05, 0) is 89.9 Å². The summed E-state index contributed by atoms with van der Waals surface area (Å²) in [4.78, 5) is 25.1. The predicted octanol–water partition coefficient (Wildman–Crippen LogP) is 15.0. The summed E-state index contributed by atoms with van der Waals surface area (Å²) in [5.41, 5.74) is 0. The van der Waals surface area contributed by atoms with Gasteiger partial charge < -0.3 is 45.1 Å². The smallest absolute Gasteiger partial charge is 0.305 e. The lowest BCUT2D eigenvalue weighted by Gasteiger charge is -2.40. The van der Waals surface area contributed by atoms with Crippen molar-refractivity contribution in [3.63, 3.8) is 0 Å². The van der Waals surface area contributed by atoms with Crippen LogP contribution in [0, 0.1) is 0 Å². The first kappa shape index (κ1) is 71.4. The maximum absolute atomic E-state index is 13.0. The minimum absolute atomic E-state index is 0.0200. The van der Waals surface area contributed by atoms with Gasteiger partial charge in [-0.1, -0.05) is 235 Å². The molecule has 0 spiro atoms. The zero-order valence-corrected chi connectivity index (χ0v) is 48.7. The fourth-order valence-corrected chi connectivity index (χ4v) is 9.54. The molecule has 1 saturated heterocycles. The molecule has 0 aromatic heterocycles. The van der Waals surface area contributed by atoms with Crippen LogP contribution in [0.1, 0.15) is 277 Å². The van der Waals surface area contributed by atoms with Crippen LogP contribution >= 0.6 is 0 Å². The Morgan fingerprint density at radius 3 is 1.37 bits per heavy atom. The Labute approximate surface area is 465 Å². The summed E-state index contributed by atoms with van der Waals surface area (Å²) in [5.74, 6) is -0.214. The Bertz CT molecular complexity index is 1450. The van der Waals surface area contributed by atoms with Crippen molar-refractivity contribution in [2.45, 2.75) is 320 Å². The van der Waals surface area contributed by atoms with Crippen LogP contribution in [0.15, 0.2) is 60.8 Å². The van der Waals surface area contributed by atoms with Crippen molar-refractivity contribution in [1.29, 1.82) is 0 Å². The summed E-state index contributed by atoms with van der Waals surface area (Å²) >= 11 is 0. The van der Waals surface area contributed by atoms with Crippen LogP contribution in [0.3, 0.4) is 0 Å². The standard InChI is InChI=1S/C65H117NO10/c1-3-5-7-9-11-13-15-16-29-33-37-41-45-49-53-61(70)74-54-50-46-42-38-34-30-27-25-23-21-19-17-18-20-22-24-26-28-32-36-40-44-48-52-60(69)66-57(56-75-65-64(73)63(72)62(71)59(55-67)76-65)58(68)51-47-43-39-35-31-14-12-10-8-6-4-2/h9,11,15-17,19-20,22,47,51,57-59,62-65,67-68,71-73H,3-8,10,12-14,18,21,23-46,48-50,52-56H2,1-2H3,(H,66,69)/b11-9-,16-15-,19-17-,22-20-,51-47+. The third kappa shape index (κ3) is 43.3. The van der Waals surface area contributed by atoms with E-state index in [1.165, 1.54) is 148 Å². The quantitative estimate of drug-likeness (QED) is 0.0195. The highest BCUT2D eigenvalue weighted by Crippen LogP contribution is 2.23. The number of carbonyl (C=O) groups excluding carboxylic acids is 2. The van der Waals surface area contributed by atoms with E-state index in [-0.39, 0.29) is 18.5 Å². The lowest BCUT2D eigenvalue weighted by molar-refractivity contribution is -0.302. The van der Waals surface area contributed by atoms with Crippen LogP contribution < -0.4 is 5.32 Å². The molecular weight excluding hydrogens is 955 g/mol. The highest BCUT2D eigenvalue weighted by atomic mass is 16.7. The zero-order valence-electron chi connectivity index (χ0n) is 48.7. The second kappa shape index (κ2) is 54.3. The number of ether oxygens (including phenoxy) is 3. The monoisotopic (exact) mass is 1070 g/mol. The van der Waals surface area contributed by atoms with Crippen LogP contribution in [0.2, 0.25) is 0 Å². The highest BCUT2D eigenvalue weighted by Gasteiger charge is 2.44. The van der Waals surface area contributed by atoms with Crippen molar-refractivity contribution in [3.05, 3.63) is 60.8 Å². The summed E-state index contributed by atoms with van der Waals surface area (Å²) in [7, 11) is 0. The normalized spacial score (nSPS) is 19.1. The first-order valence-corrected chi connectivity index (χ1v) is 31.6. The van der Waals surface area contributed by atoms with Gasteiger partial charge in [-0.3, -0.25) is 9.59 Å². The highest BCUT2D eigenvalue weighted by molar-refractivity contribution is 5.76. The molecule has 7 unspecified atom stereocenters. The molecule has 1 amide bonds. The molecule has 1 aliphatic rings. The first-order valence-electron chi connectivity index (χ1n) is 31.6. The molecule has 6 N–H and O–H groups in total. The Kier molecular flexibility index (Phi) is 51.0. The maximum Gasteiger partial charge on any atom is 0.305 e. The Morgan fingerprint density at radius 1 is 0.487 bits per heavy atom. The Morgan fingerprint density at radius 2 is 0.895 bits per heavy atom.